The molecule has 1 unspecified atom stereocenters. The van der Waals surface area contributed by atoms with Gasteiger partial charge in [-0.25, -0.2) is 4.98 Å². The molecule has 3 N–H and O–H groups in total. The van der Waals surface area contributed by atoms with Gasteiger partial charge in [-0.05, 0) is 30.5 Å². The third-order valence-electron chi connectivity index (χ3n) is 1.76. The van der Waals surface area contributed by atoms with E-state index in [1.165, 1.54) is 0 Å². The number of hydrogen-bond donors (Lipinski definition) is 2. The van der Waals surface area contributed by atoms with Crippen LogP contribution in [0.3, 0.4) is 0 Å². The maximum Gasteiger partial charge on any atom is 0.123 e. The van der Waals surface area contributed by atoms with E-state index in [-0.39, 0.29) is 6.10 Å². The fraction of sp³-hybridized carbons (Fsp3) is 0.300. The summed E-state index contributed by atoms with van der Waals surface area (Å²) in [6.07, 6.45) is 4.17. The molecule has 0 spiro atoms. The van der Waals surface area contributed by atoms with Crippen LogP contribution in [0.2, 0.25) is 0 Å². The lowest BCUT2D eigenvalue weighted by Crippen LogP contribution is -2.09. The SMILES string of the molecule is C=CCC(O)Cc1ccnc(N)c1. The predicted octanol–water partition coefficient (Wildman–Crippen LogP) is 1.14. The largest absolute Gasteiger partial charge is 0.392 e. The van der Waals surface area contributed by atoms with Gasteiger partial charge >= 0.3 is 0 Å². The summed E-state index contributed by atoms with van der Waals surface area (Å²) in [5.74, 6) is 0.489. The van der Waals surface area contributed by atoms with Crippen molar-refractivity contribution in [2.45, 2.75) is 18.9 Å². The predicted molar refractivity (Wildman–Crippen MR) is 53.2 cm³/mol. The molecule has 1 aromatic rings. The molecule has 1 heterocycles. The Kier molecular flexibility index (Phi) is 3.46. The summed E-state index contributed by atoms with van der Waals surface area (Å²) in [5.41, 5.74) is 6.50. The van der Waals surface area contributed by atoms with Crippen LogP contribution in [0.15, 0.2) is 31.0 Å². The van der Waals surface area contributed by atoms with Crippen LogP contribution in [0, 0.1) is 0 Å². The van der Waals surface area contributed by atoms with E-state index in [9.17, 15) is 5.11 Å². The van der Waals surface area contributed by atoms with Crippen molar-refractivity contribution >= 4 is 5.82 Å². The van der Waals surface area contributed by atoms with Crippen LogP contribution in [0.4, 0.5) is 5.82 Å². The van der Waals surface area contributed by atoms with E-state index in [0.717, 1.165) is 5.56 Å². The van der Waals surface area contributed by atoms with Crippen molar-refractivity contribution in [3.05, 3.63) is 36.5 Å². The normalized spacial score (nSPS) is 12.4. The first-order chi connectivity index (χ1) is 6.22. The van der Waals surface area contributed by atoms with E-state index in [4.69, 9.17) is 5.73 Å². The molecular weight excluding hydrogens is 164 g/mol. The number of nitrogens with two attached hydrogens (primary N) is 1. The lowest BCUT2D eigenvalue weighted by Gasteiger charge is -2.07. The van der Waals surface area contributed by atoms with Crippen molar-refractivity contribution in [2.24, 2.45) is 0 Å². The fourth-order valence-electron chi connectivity index (χ4n) is 1.17. The van der Waals surface area contributed by atoms with Crippen LogP contribution in [0.25, 0.3) is 0 Å². The number of hydrogen-bond acceptors (Lipinski definition) is 3. The molecule has 13 heavy (non-hydrogen) atoms. The maximum atomic E-state index is 9.46. The highest BCUT2D eigenvalue weighted by atomic mass is 16.3. The van der Waals surface area contributed by atoms with E-state index in [0.29, 0.717) is 18.7 Å². The molecule has 0 aromatic carbocycles. The highest BCUT2D eigenvalue weighted by molar-refractivity contribution is 5.32. The van der Waals surface area contributed by atoms with Gasteiger partial charge < -0.3 is 10.8 Å². The number of nitrogens with zero attached hydrogens (tertiary/aromatic N) is 1. The molecule has 0 saturated carbocycles. The second-order valence-corrected chi connectivity index (χ2v) is 2.97. The summed E-state index contributed by atoms with van der Waals surface area (Å²) in [6, 6.07) is 3.62. The van der Waals surface area contributed by atoms with Gasteiger partial charge in [-0.2, -0.15) is 0 Å². The summed E-state index contributed by atoms with van der Waals surface area (Å²) in [4.78, 5) is 3.87. The molecular formula is C10H14N2O. The summed E-state index contributed by atoms with van der Waals surface area (Å²) < 4.78 is 0. The van der Waals surface area contributed by atoms with Crippen LogP contribution in [-0.4, -0.2) is 16.2 Å². The molecule has 3 nitrogen and oxygen atoms in total. The first kappa shape index (κ1) is 9.74. The molecule has 0 aliphatic heterocycles. The van der Waals surface area contributed by atoms with Crippen LogP contribution >= 0.6 is 0 Å². The molecule has 70 valence electrons. The number of aliphatic hydroxyl groups is 1. The summed E-state index contributed by atoms with van der Waals surface area (Å²) >= 11 is 0. The number of pyridine rings is 1. The Hall–Kier alpha value is -1.35. The Morgan fingerprint density at radius 3 is 3.08 bits per heavy atom. The smallest absolute Gasteiger partial charge is 0.123 e. The Labute approximate surface area is 77.9 Å². The number of aliphatic hydroxyl groups excluding tert-OH is 1. The van der Waals surface area contributed by atoms with Crippen molar-refractivity contribution in [3.63, 3.8) is 0 Å². The van der Waals surface area contributed by atoms with E-state index in [2.05, 4.69) is 11.6 Å². The highest BCUT2D eigenvalue weighted by Gasteiger charge is 2.03. The number of aromatic nitrogens is 1. The van der Waals surface area contributed by atoms with E-state index >= 15 is 0 Å². The zero-order chi connectivity index (χ0) is 9.68. The molecule has 0 bridgehead atoms. The summed E-state index contributed by atoms with van der Waals surface area (Å²) in [7, 11) is 0. The zero-order valence-electron chi connectivity index (χ0n) is 7.48. The first-order valence-electron chi connectivity index (χ1n) is 4.21. The van der Waals surface area contributed by atoms with Crippen molar-refractivity contribution in [1.29, 1.82) is 0 Å². The average molecular weight is 178 g/mol. The first-order valence-corrected chi connectivity index (χ1v) is 4.21. The van der Waals surface area contributed by atoms with Crippen LogP contribution in [-0.2, 0) is 6.42 Å². The van der Waals surface area contributed by atoms with Crippen LogP contribution in [0.1, 0.15) is 12.0 Å². The van der Waals surface area contributed by atoms with Crippen molar-refractivity contribution in [2.75, 3.05) is 5.73 Å². The lowest BCUT2D eigenvalue weighted by molar-refractivity contribution is 0.178. The minimum absolute atomic E-state index is 0.376. The monoisotopic (exact) mass is 178 g/mol. The van der Waals surface area contributed by atoms with Gasteiger partial charge in [0.2, 0.25) is 0 Å². The second-order valence-electron chi connectivity index (χ2n) is 2.97. The Balaban J connectivity index is 2.58. The Morgan fingerprint density at radius 1 is 1.69 bits per heavy atom. The minimum Gasteiger partial charge on any atom is -0.392 e. The third-order valence-corrected chi connectivity index (χ3v) is 1.76. The van der Waals surface area contributed by atoms with Gasteiger partial charge in [0.1, 0.15) is 5.82 Å². The maximum absolute atomic E-state index is 9.46. The summed E-state index contributed by atoms with van der Waals surface area (Å²) in [5, 5.41) is 9.46. The highest BCUT2D eigenvalue weighted by Crippen LogP contribution is 2.07. The van der Waals surface area contributed by atoms with Gasteiger partial charge in [-0.3, -0.25) is 0 Å². The number of nitrogen functional groups attached to an aromatic ring is 1. The number of rotatable bonds is 4. The van der Waals surface area contributed by atoms with Crippen LogP contribution < -0.4 is 5.73 Å². The molecule has 0 aliphatic rings. The van der Waals surface area contributed by atoms with E-state index < -0.39 is 0 Å². The van der Waals surface area contributed by atoms with Gasteiger partial charge in [-0.1, -0.05) is 6.08 Å². The van der Waals surface area contributed by atoms with Gasteiger partial charge in [0.15, 0.2) is 0 Å². The molecule has 3 heteroatoms. The molecule has 1 rings (SSSR count). The topological polar surface area (TPSA) is 59.1 Å². The minimum atomic E-state index is -0.376. The molecule has 0 amide bonds. The van der Waals surface area contributed by atoms with E-state index in [1.807, 2.05) is 6.07 Å². The standard InChI is InChI=1S/C10H14N2O/c1-2-3-9(13)6-8-4-5-12-10(11)7-8/h2,4-5,7,9,13H,1,3,6H2,(H2,11,12). The van der Waals surface area contributed by atoms with Gasteiger partial charge in [-0.15, -0.1) is 6.58 Å². The van der Waals surface area contributed by atoms with Gasteiger partial charge in [0.25, 0.3) is 0 Å². The average Bonchev–Trinajstić information content (AvgIpc) is 2.04. The van der Waals surface area contributed by atoms with Gasteiger partial charge in [0, 0.05) is 6.20 Å². The number of anilines is 1. The lowest BCUT2D eigenvalue weighted by atomic mass is 10.1. The quantitative estimate of drug-likeness (QED) is 0.680. The van der Waals surface area contributed by atoms with Crippen molar-refractivity contribution in [1.82, 2.24) is 4.98 Å². The van der Waals surface area contributed by atoms with E-state index in [1.54, 1.807) is 18.3 Å². The molecule has 1 aromatic heterocycles. The third kappa shape index (κ3) is 3.25. The van der Waals surface area contributed by atoms with Gasteiger partial charge in [0.05, 0.1) is 6.10 Å². The molecule has 0 aliphatic carbocycles. The molecule has 0 saturated heterocycles. The zero-order valence-corrected chi connectivity index (χ0v) is 7.48. The molecule has 0 fully saturated rings. The summed E-state index contributed by atoms with van der Waals surface area (Å²) in [6.45, 7) is 3.56. The second kappa shape index (κ2) is 4.62. The Morgan fingerprint density at radius 2 is 2.46 bits per heavy atom. The van der Waals surface area contributed by atoms with Crippen molar-refractivity contribution in [3.8, 4) is 0 Å². The van der Waals surface area contributed by atoms with Crippen LogP contribution in [0.5, 0.6) is 0 Å². The molecule has 1 atom stereocenters. The Bertz CT molecular complexity index is 286. The molecule has 0 radical (unpaired) electrons. The van der Waals surface area contributed by atoms with Crippen molar-refractivity contribution < 1.29 is 5.11 Å². The fourth-order valence-corrected chi connectivity index (χ4v) is 1.17.